The van der Waals surface area contributed by atoms with Crippen LogP contribution in [0, 0.1) is 0 Å². The fourth-order valence-corrected chi connectivity index (χ4v) is 4.29. The zero-order valence-corrected chi connectivity index (χ0v) is 17.9. The number of rotatable bonds is 5. The Labute approximate surface area is 181 Å². The highest BCUT2D eigenvalue weighted by Gasteiger charge is 2.50. The molecule has 8 heteroatoms. The summed E-state index contributed by atoms with van der Waals surface area (Å²) in [5.74, 6) is -0.819. The minimum atomic E-state index is -0.828. The van der Waals surface area contributed by atoms with Crippen LogP contribution in [0.4, 0.5) is 5.69 Å². The first-order valence-corrected chi connectivity index (χ1v) is 10.6. The maximum absolute atomic E-state index is 13.3. The summed E-state index contributed by atoms with van der Waals surface area (Å²) in [4.78, 5) is 40.3. The summed E-state index contributed by atoms with van der Waals surface area (Å²) in [6.07, 6.45) is 0.159. The van der Waals surface area contributed by atoms with Crippen LogP contribution in [0.5, 0.6) is 0 Å². The number of carbonyl (C=O) groups is 3. The van der Waals surface area contributed by atoms with Crippen LogP contribution >= 0.6 is 0 Å². The zero-order chi connectivity index (χ0) is 22.1. The lowest BCUT2D eigenvalue weighted by molar-refractivity contribution is -0.178. The van der Waals surface area contributed by atoms with Crippen LogP contribution in [0.1, 0.15) is 26.7 Å². The average molecular weight is 425 g/mol. The Bertz CT molecular complexity index is 1000. The molecule has 31 heavy (non-hydrogen) atoms. The van der Waals surface area contributed by atoms with E-state index in [1.165, 1.54) is 4.90 Å². The molecule has 2 aromatic carbocycles. The Kier molecular flexibility index (Phi) is 5.93. The maximum atomic E-state index is 13.3. The largest absolute Gasteiger partial charge is 0.353 e. The van der Waals surface area contributed by atoms with Gasteiger partial charge < -0.3 is 25.6 Å². The molecule has 2 heterocycles. The fourth-order valence-electron chi connectivity index (χ4n) is 4.29. The van der Waals surface area contributed by atoms with Crippen molar-refractivity contribution in [3.8, 4) is 0 Å². The number of fused-ring (bicyclic) bond motifs is 2. The van der Waals surface area contributed by atoms with Crippen LogP contribution in [-0.4, -0.2) is 60.1 Å². The van der Waals surface area contributed by atoms with Gasteiger partial charge in [-0.2, -0.15) is 0 Å². The number of carbonyl (C=O) groups excluding carboxylic acids is 3. The molecule has 0 spiro atoms. The first-order chi connectivity index (χ1) is 14.9. The van der Waals surface area contributed by atoms with Crippen molar-refractivity contribution >= 4 is 34.2 Å². The van der Waals surface area contributed by atoms with Gasteiger partial charge in [0, 0.05) is 11.1 Å². The fraction of sp³-hybridized carbons (Fsp3) is 0.435. The van der Waals surface area contributed by atoms with Gasteiger partial charge >= 0.3 is 0 Å². The first kappa shape index (κ1) is 21.3. The molecule has 0 radical (unpaired) electrons. The van der Waals surface area contributed by atoms with Gasteiger partial charge in [0.05, 0.1) is 12.1 Å². The molecule has 0 bridgehead atoms. The summed E-state index contributed by atoms with van der Waals surface area (Å²) in [5, 5.41) is 10.6. The van der Waals surface area contributed by atoms with Crippen molar-refractivity contribution in [1.29, 1.82) is 0 Å². The van der Waals surface area contributed by atoms with Crippen LogP contribution in [0.15, 0.2) is 42.5 Å². The molecular formula is C23H28N4O4. The molecule has 8 nitrogen and oxygen atoms in total. The second kappa shape index (κ2) is 8.64. The van der Waals surface area contributed by atoms with E-state index in [2.05, 4.69) is 16.0 Å². The van der Waals surface area contributed by atoms with Gasteiger partial charge in [-0.05, 0) is 45.2 Å². The second-order valence-corrected chi connectivity index (χ2v) is 8.15. The molecule has 3 N–H and O–H groups in total. The van der Waals surface area contributed by atoms with Crippen molar-refractivity contribution in [3.05, 3.63) is 42.5 Å². The molecule has 0 saturated carbocycles. The van der Waals surface area contributed by atoms with Crippen molar-refractivity contribution in [3.63, 3.8) is 0 Å². The number of anilines is 1. The van der Waals surface area contributed by atoms with Crippen LogP contribution in [0.3, 0.4) is 0 Å². The molecule has 2 fully saturated rings. The number of likely N-dealkylation sites (N-methyl/N-ethyl adjacent to an activating group) is 1. The van der Waals surface area contributed by atoms with Crippen LogP contribution in [-0.2, 0) is 19.1 Å². The smallest absolute Gasteiger partial charge is 0.250 e. The summed E-state index contributed by atoms with van der Waals surface area (Å²) in [6.45, 7) is 3.49. The van der Waals surface area contributed by atoms with Crippen LogP contribution < -0.4 is 16.0 Å². The molecule has 2 aliphatic heterocycles. The second-order valence-electron chi connectivity index (χ2n) is 8.15. The third-order valence-electron chi connectivity index (χ3n) is 6.17. The molecule has 2 saturated heterocycles. The number of nitrogens with one attached hydrogen (secondary N) is 3. The van der Waals surface area contributed by atoms with E-state index < -0.39 is 30.5 Å². The summed E-state index contributed by atoms with van der Waals surface area (Å²) in [7, 11) is 1.68. The highest BCUT2D eigenvalue weighted by Crippen LogP contribution is 2.33. The van der Waals surface area contributed by atoms with E-state index in [0.29, 0.717) is 18.5 Å². The van der Waals surface area contributed by atoms with E-state index >= 15 is 0 Å². The van der Waals surface area contributed by atoms with Crippen molar-refractivity contribution in [1.82, 2.24) is 15.5 Å². The highest BCUT2D eigenvalue weighted by molar-refractivity contribution is 6.05. The van der Waals surface area contributed by atoms with Gasteiger partial charge in [-0.3, -0.25) is 14.4 Å². The van der Waals surface area contributed by atoms with Gasteiger partial charge in [-0.1, -0.05) is 36.4 Å². The Balaban J connectivity index is 1.52. The van der Waals surface area contributed by atoms with E-state index in [0.717, 1.165) is 10.8 Å². The first-order valence-electron chi connectivity index (χ1n) is 10.6. The van der Waals surface area contributed by atoms with Crippen molar-refractivity contribution in [2.75, 3.05) is 12.4 Å². The summed E-state index contributed by atoms with van der Waals surface area (Å²) < 4.78 is 6.00. The third kappa shape index (κ3) is 4.00. The van der Waals surface area contributed by atoms with Crippen LogP contribution in [0.25, 0.3) is 10.8 Å². The minimum Gasteiger partial charge on any atom is -0.353 e. The van der Waals surface area contributed by atoms with Crippen LogP contribution in [0.2, 0.25) is 0 Å². The topological polar surface area (TPSA) is 99.8 Å². The molecule has 2 aromatic rings. The Hall–Kier alpha value is -2.97. The lowest BCUT2D eigenvalue weighted by Gasteiger charge is -2.41. The molecule has 0 aromatic heterocycles. The quantitative estimate of drug-likeness (QED) is 0.677. The van der Waals surface area contributed by atoms with E-state index in [-0.39, 0.29) is 17.7 Å². The van der Waals surface area contributed by atoms with Gasteiger partial charge in [0.15, 0.2) is 0 Å². The SMILES string of the molecule is CN[C@@H](C)C(=O)NC1C(=O)N2C(C(=O)Nc3cccc4ccccc34)CC[C@@H]2O[C@@H]1C. The van der Waals surface area contributed by atoms with E-state index in [4.69, 9.17) is 4.74 Å². The van der Waals surface area contributed by atoms with E-state index in [1.54, 1.807) is 20.9 Å². The molecule has 164 valence electrons. The number of hydrogen-bond donors (Lipinski definition) is 3. The standard InChI is InChI=1S/C23H28N4O4/c1-13(24-3)21(28)26-20-14(2)31-19-12-11-18(27(19)23(20)30)22(29)25-17-10-6-8-15-7-4-5-9-16(15)17/h4-10,13-14,18-20,24H,11-12H2,1-3H3,(H,25,29)(H,26,28)/t13-,14+,18?,19-,20?/m0/s1. The molecule has 4 rings (SSSR count). The van der Waals surface area contributed by atoms with E-state index in [9.17, 15) is 14.4 Å². The molecule has 5 atom stereocenters. The monoisotopic (exact) mass is 424 g/mol. The normalized spacial score (nSPS) is 26.4. The minimum absolute atomic E-state index is 0.251. The zero-order valence-electron chi connectivity index (χ0n) is 17.9. The predicted octanol–water partition coefficient (Wildman–Crippen LogP) is 1.61. The van der Waals surface area contributed by atoms with Crippen molar-refractivity contribution in [2.45, 2.75) is 57.1 Å². The summed E-state index contributed by atoms with van der Waals surface area (Å²) >= 11 is 0. The van der Waals surface area contributed by atoms with Crippen molar-refractivity contribution < 1.29 is 19.1 Å². The van der Waals surface area contributed by atoms with Gasteiger partial charge in [0.2, 0.25) is 11.8 Å². The number of nitrogens with zero attached hydrogens (tertiary/aromatic N) is 1. The Morgan fingerprint density at radius 3 is 2.65 bits per heavy atom. The number of amides is 3. The van der Waals surface area contributed by atoms with Gasteiger partial charge in [-0.15, -0.1) is 0 Å². The molecular weight excluding hydrogens is 396 g/mol. The van der Waals surface area contributed by atoms with Gasteiger partial charge in [-0.25, -0.2) is 0 Å². The van der Waals surface area contributed by atoms with Gasteiger partial charge in [0.1, 0.15) is 18.3 Å². The molecule has 2 aliphatic rings. The Morgan fingerprint density at radius 1 is 1.13 bits per heavy atom. The maximum Gasteiger partial charge on any atom is 0.250 e. The third-order valence-corrected chi connectivity index (χ3v) is 6.17. The Morgan fingerprint density at radius 2 is 1.87 bits per heavy atom. The summed E-state index contributed by atoms with van der Waals surface area (Å²) in [6, 6.07) is 11.6. The van der Waals surface area contributed by atoms with Crippen molar-refractivity contribution in [2.24, 2.45) is 0 Å². The highest BCUT2D eigenvalue weighted by atomic mass is 16.5. The number of hydrogen-bond acceptors (Lipinski definition) is 5. The number of benzene rings is 2. The molecule has 0 aliphatic carbocycles. The number of ether oxygens (including phenoxy) is 1. The predicted molar refractivity (Wildman–Crippen MR) is 117 cm³/mol. The lowest BCUT2D eigenvalue weighted by atomic mass is 10.1. The van der Waals surface area contributed by atoms with Gasteiger partial charge in [0.25, 0.3) is 5.91 Å². The molecule has 2 unspecified atom stereocenters. The average Bonchev–Trinajstić information content (AvgIpc) is 3.20. The molecule has 3 amide bonds. The summed E-state index contributed by atoms with van der Waals surface area (Å²) in [5.41, 5.74) is 0.706. The lowest BCUT2D eigenvalue weighted by Crippen LogP contribution is -2.64. The van der Waals surface area contributed by atoms with E-state index in [1.807, 2.05) is 42.5 Å².